The van der Waals surface area contributed by atoms with Crippen LogP contribution in [0.1, 0.15) is 5.56 Å². The van der Waals surface area contributed by atoms with Crippen molar-refractivity contribution in [2.45, 2.75) is 6.92 Å². The number of nitrogens with zero attached hydrogens (tertiary/aromatic N) is 2. The molecule has 1 N–H and O–H groups in total. The SMILES string of the molecule is Cc1cccc(NC(=O)N2CC(CN(C)C)C2)c1. The summed E-state index contributed by atoms with van der Waals surface area (Å²) in [6.07, 6.45) is 0. The van der Waals surface area contributed by atoms with Crippen molar-refractivity contribution < 1.29 is 4.79 Å². The smallest absolute Gasteiger partial charge is 0.321 e. The molecular formula is C14H21N3O. The first-order chi connectivity index (χ1) is 8.54. The third kappa shape index (κ3) is 3.23. The minimum Gasteiger partial charge on any atom is -0.324 e. The molecule has 0 bridgehead atoms. The van der Waals surface area contributed by atoms with Crippen LogP contribution in [0.25, 0.3) is 0 Å². The van der Waals surface area contributed by atoms with Gasteiger partial charge >= 0.3 is 6.03 Å². The number of aryl methyl sites for hydroxylation is 1. The number of likely N-dealkylation sites (tertiary alicyclic amines) is 1. The van der Waals surface area contributed by atoms with Crippen molar-refractivity contribution >= 4 is 11.7 Å². The number of nitrogens with one attached hydrogen (secondary N) is 1. The van der Waals surface area contributed by atoms with Crippen LogP contribution in [0.2, 0.25) is 0 Å². The van der Waals surface area contributed by atoms with Crippen molar-refractivity contribution in [3.63, 3.8) is 0 Å². The average molecular weight is 247 g/mol. The third-order valence-electron chi connectivity index (χ3n) is 3.14. The fourth-order valence-electron chi connectivity index (χ4n) is 2.29. The molecule has 0 radical (unpaired) electrons. The van der Waals surface area contributed by atoms with Gasteiger partial charge in [0.05, 0.1) is 0 Å². The van der Waals surface area contributed by atoms with Gasteiger partial charge in [-0.05, 0) is 38.7 Å². The minimum atomic E-state index is 0.00982. The number of amides is 2. The Bertz CT molecular complexity index is 425. The molecule has 0 aromatic heterocycles. The van der Waals surface area contributed by atoms with Gasteiger partial charge in [-0.1, -0.05) is 12.1 Å². The highest BCUT2D eigenvalue weighted by Gasteiger charge is 2.30. The molecule has 0 atom stereocenters. The van der Waals surface area contributed by atoms with Crippen LogP contribution < -0.4 is 5.32 Å². The lowest BCUT2D eigenvalue weighted by Gasteiger charge is -2.40. The average Bonchev–Trinajstić information content (AvgIpc) is 2.22. The fourth-order valence-corrected chi connectivity index (χ4v) is 2.29. The molecule has 1 aromatic rings. The molecular weight excluding hydrogens is 226 g/mol. The highest BCUT2D eigenvalue weighted by atomic mass is 16.2. The van der Waals surface area contributed by atoms with Gasteiger partial charge in [0, 0.05) is 31.2 Å². The molecule has 0 unspecified atom stereocenters. The second-order valence-electron chi connectivity index (χ2n) is 5.33. The van der Waals surface area contributed by atoms with Crippen LogP contribution in [0.5, 0.6) is 0 Å². The summed E-state index contributed by atoms with van der Waals surface area (Å²) in [4.78, 5) is 16.0. The number of urea groups is 1. The number of anilines is 1. The largest absolute Gasteiger partial charge is 0.324 e. The van der Waals surface area contributed by atoms with Crippen LogP contribution in [0.15, 0.2) is 24.3 Å². The second kappa shape index (κ2) is 5.40. The minimum absolute atomic E-state index is 0.00982. The van der Waals surface area contributed by atoms with Gasteiger partial charge in [-0.2, -0.15) is 0 Å². The third-order valence-corrected chi connectivity index (χ3v) is 3.14. The standard InChI is InChI=1S/C14H21N3O/c1-11-5-4-6-13(7-11)15-14(18)17-9-12(10-17)8-16(2)3/h4-7,12H,8-10H2,1-3H3,(H,15,18). The molecule has 1 aliphatic rings. The van der Waals surface area contributed by atoms with Crippen LogP contribution in [-0.2, 0) is 0 Å². The summed E-state index contributed by atoms with van der Waals surface area (Å²) < 4.78 is 0. The summed E-state index contributed by atoms with van der Waals surface area (Å²) in [6.45, 7) is 4.78. The van der Waals surface area contributed by atoms with E-state index in [9.17, 15) is 4.79 Å². The van der Waals surface area contributed by atoms with E-state index in [1.54, 1.807) is 0 Å². The maximum absolute atomic E-state index is 11.9. The van der Waals surface area contributed by atoms with Crippen molar-refractivity contribution in [1.29, 1.82) is 0 Å². The predicted octanol–water partition coefficient (Wildman–Crippen LogP) is 2.02. The van der Waals surface area contributed by atoms with E-state index in [4.69, 9.17) is 0 Å². The summed E-state index contributed by atoms with van der Waals surface area (Å²) in [7, 11) is 4.13. The lowest BCUT2D eigenvalue weighted by molar-refractivity contribution is 0.111. The Kier molecular flexibility index (Phi) is 3.87. The van der Waals surface area contributed by atoms with E-state index in [0.717, 1.165) is 30.9 Å². The molecule has 98 valence electrons. The second-order valence-corrected chi connectivity index (χ2v) is 5.33. The lowest BCUT2D eigenvalue weighted by atomic mass is 10.0. The zero-order valence-electron chi connectivity index (χ0n) is 11.3. The van der Waals surface area contributed by atoms with Crippen LogP contribution >= 0.6 is 0 Å². The van der Waals surface area contributed by atoms with Crippen LogP contribution in [-0.4, -0.2) is 49.6 Å². The zero-order chi connectivity index (χ0) is 13.1. The van der Waals surface area contributed by atoms with E-state index < -0.39 is 0 Å². The van der Waals surface area contributed by atoms with Gasteiger partial charge in [0.2, 0.25) is 0 Å². The topological polar surface area (TPSA) is 35.6 Å². The Balaban J connectivity index is 1.80. The molecule has 4 nitrogen and oxygen atoms in total. The molecule has 2 amide bonds. The summed E-state index contributed by atoms with van der Waals surface area (Å²) in [5.41, 5.74) is 2.03. The van der Waals surface area contributed by atoms with Crippen LogP contribution in [0.4, 0.5) is 10.5 Å². The Morgan fingerprint density at radius 1 is 1.44 bits per heavy atom. The van der Waals surface area contributed by atoms with Crippen LogP contribution in [0.3, 0.4) is 0 Å². The molecule has 0 spiro atoms. The van der Waals surface area contributed by atoms with Gasteiger partial charge in [-0.3, -0.25) is 0 Å². The summed E-state index contributed by atoms with van der Waals surface area (Å²) in [6, 6.07) is 7.88. The maximum Gasteiger partial charge on any atom is 0.321 e. The number of benzene rings is 1. The number of rotatable bonds is 3. The Hall–Kier alpha value is -1.55. The van der Waals surface area contributed by atoms with E-state index in [2.05, 4.69) is 24.3 Å². The molecule has 0 aliphatic carbocycles. The summed E-state index contributed by atoms with van der Waals surface area (Å²) >= 11 is 0. The quantitative estimate of drug-likeness (QED) is 0.887. The first-order valence-electron chi connectivity index (χ1n) is 6.32. The van der Waals surface area contributed by atoms with Gasteiger partial charge in [0.15, 0.2) is 0 Å². The van der Waals surface area contributed by atoms with Crippen molar-refractivity contribution in [3.05, 3.63) is 29.8 Å². The molecule has 1 fully saturated rings. The van der Waals surface area contributed by atoms with Gasteiger partial charge in [-0.15, -0.1) is 0 Å². The Labute approximate surface area is 109 Å². The molecule has 1 aromatic carbocycles. The van der Waals surface area contributed by atoms with Crippen molar-refractivity contribution in [1.82, 2.24) is 9.80 Å². The maximum atomic E-state index is 11.9. The molecule has 1 saturated heterocycles. The number of carbonyl (C=O) groups excluding carboxylic acids is 1. The van der Waals surface area contributed by atoms with Gasteiger partial charge in [-0.25, -0.2) is 4.79 Å². The normalized spacial score (nSPS) is 15.7. The van der Waals surface area contributed by atoms with E-state index >= 15 is 0 Å². The Morgan fingerprint density at radius 3 is 2.78 bits per heavy atom. The van der Waals surface area contributed by atoms with E-state index in [0.29, 0.717) is 5.92 Å². The number of hydrogen-bond donors (Lipinski definition) is 1. The lowest BCUT2D eigenvalue weighted by Crippen LogP contribution is -2.54. The van der Waals surface area contributed by atoms with E-state index in [1.165, 1.54) is 0 Å². The molecule has 2 rings (SSSR count). The van der Waals surface area contributed by atoms with Gasteiger partial charge < -0.3 is 15.1 Å². The molecule has 1 aliphatic heterocycles. The molecule has 18 heavy (non-hydrogen) atoms. The number of hydrogen-bond acceptors (Lipinski definition) is 2. The van der Waals surface area contributed by atoms with E-state index in [1.807, 2.05) is 36.1 Å². The van der Waals surface area contributed by atoms with Gasteiger partial charge in [0.25, 0.3) is 0 Å². The van der Waals surface area contributed by atoms with Gasteiger partial charge in [0.1, 0.15) is 0 Å². The summed E-state index contributed by atoms with van der Waals surface area (Å²) in [5, 5.41) is 2.93. The monoisotopic (exact) mass is 247 g/mol. The van der Waals surface area contributed by atoms with Crippen molar-refractivity contribution in [2.24, 2.45) is 5.92 Å². The first-order valence-corrected chi connectivity index (χ1v) is 6.32. The first kappa shape index (κ1) is 12.9. The molecule has 1 heterocycles. The van der Waals surface area contributed by atoms with E-state index in [-0.39, 0.29) is 6.03 Å². The van der Waals surface area contributed by atoms with Crippen molar-refractivity contribution in [2.75, 3.05) is 39.0 Å². The summed E-state index contributed by atoms with van der Waals surface area (Å²) in [5.74, 6) is 0.614. The Morgan fingerprint density at radius 2 is 2.17 bits per heavy atom. The van der Waals surface area contributed by atoms with Crippen molar-refractivity contribution in [3.8, 4) is 0 Å². The molecule has 0 saturated carbocycles. The fraction of sp³-hybridized carbons (Fsp3) is 0.500. The highest BCUT2D eigenvalue weighted by molar-refractivity contribution is 5.89. The van der Waals surface area contributed by atoms with Crippen LogP contribution in [0, 0.1) is 12.8 Å². The highest BCUT2D eigenvalue weighted by Crippen LogP contribution is 2.18. The number of carbonyl (C=O) groups is 1. The predicted molar refractivity (Wildman–Crippen MR) is 73.8 cm³/mol. The zero-order valence-corrected chi connectivity index (χ0v) is 11.3. The molecule has 4 heteroatoms.